The molecule has 0 saturated carbocycles. The topological polar surface area (TPSA) is 107 Å². The predicted molar refractivity (Wildman–Crippen MR) is 153 cm³/mol. The van der Waals surface area contributed by atoms with Crippen molar-refractivity contribution < 1.29 is 27.3 Å². The Bertz CT molecular complexity index is 1290. The number of fused-ring (bicyclic) bond motifs is 1. The highest BCUT2D eigenvalue weighted by Gasteiger charge is 2.35. The molecule has 5 rings (SSSR count). The third-order valence-corrected chi connectivity index (χ3v) is 6.88. The largest absolute Gasteiger partial charge is 0.367 e. The molecule has 1 saturated heterocycles. The highest BCUT2D eigenvalue weighted by atomic mass is 32.2. The minimum atomic E-state index is -3.67. The molecule has 2 aliphatic heterocycles. The quantitative estimate of drug-likeness (QED) is 0.311. The minimum absolute atomic E-state index is 0.0710. The van der Waals surface area contributed by atoms with Crippen molar-refractivity contribution in [3.8, 4) is 0 Å². The van der Waals surface area contributed by atoms with E-state index in [1.54, 1.807) is 24.3 Å². The lowest BCUT2D eigenvalue weighted by Gasteiger charge is -2.35. The van der Waals surface area contributed by atoms with Crippen molar-refractivity contribution in [2.75, 3.05) is 58.7 Å². The highest BCUT2D eigenvalue weighted by molar-refractivity contribution is 7.85. The Hall–Kier alpha value is -3.41. The van der Waals surface area contributed by atoms with E-state index >= 15 is 0 Å². The molecule has 3 aromatic rings. The van der Waals surface area contributed by atoms with Crippen molar-refractivity contribution in [1.82, 2.24) is 14.7 Å². The summed E-state index contributed by atoms with van der Waals surface area (Å²) in [5.41, 5.74) is 3.37. The Kier molecular flexibility index (Phi) is 10.2. The third-order valence-electron chi connectivity index (χ3n) is 6.88. The first-order valence-corrected chi connectivity index (χ1v) is 15.1. The van der Waals surface area contributed by atoms with Gasteiger partial charge in [0, 0.05) is 45.8 Å². The summed E-state index contributed by atoms with van der Waals surface area (Å²) < 4.78 is 32.2. The number of piperazine rings is 1. The number of hydrogen-bond donors (Lipinski definition) is 1. The number of benzene rings is 3. The Morgan fingerprint density at radius 1 is 0.700 bits per heavy atom. The molecule has 0 unspecified atom stereocenters. The first kappa shape index (κ1) is 29.6. The second-order valence-corrected chi connectivity index (χ2v) is 11.3. The summed E-state index contributed by atoms with van der Waals surface area (Å²) in [5, 5.41) is 0. The van der Waals surface area contributed by atoms with Crippen LogP contribution in [0.3, 0.4) is 0 Å². The van der Waals surface area contributed by atoms with Gasteiger partial charge in [-0.1, -0.05) is 72.8 Å². The van der Waals surface area contributed by atoms with Gasteiger partial charge in [0.25, 0.3) is 21.9 Å². The minimum Gasteiger partial charge on any atom is -0.367 e. The molecule has 0 aliphatic carbocycles. The van der Waals surface area contributed by atoms with Crippen LogP contribution in [0.2, 0.25) is 0 Å². The number of carbonyl (C=O) groups excluding carboxylic acids is 2. The second kappa shape index (κ2) is 13.8. The van der Waals surface area contributed by atoms with Crippen LogP contribution in [0.4, 0.5) is 0 Å². The standard InChI is InChI=1S/C29H31N3O3.CH4O3S/c33-28-25-13-7-8-14-26(25)29(34)32(28)20-19-30-15-17-31(18-16-30)21-22-35-27(23-9-3-1-4-10-23)24-11-5-2-6-12-24;1-5(2,3)4/h1-14,27H,15-22H2;1H3,(H,2,3,4). The Morgan fingerprint density at radius 3 is 1.55 bits per heavy atom. The van der Waals surface area contributed by atoms with Gasteiger partial charge in [0.15, 0.2) is 0 Å². The summed E-state index contributed by atoms with van der Waals surface area (Å²) in [4.78, 5) is 31.3. The lowest BCUT2D eigenvalue weighted by Crippen LogP contribution is -2.49. The van der Waals surface area contributed by atoms with Gasteiger partial charge in [-0.05, 0) is 23.3 Å². The first-order chi connectivity index (χ1) is 19.2. The van der Waals surface area contributed by atoms with Crippen LogP contribution in [0.15, 0.2) is 84.9 Å². The van der Waals surface area contributed by atoms with Gasteiger partial charge >= 0.3 is 0 Å². The van der Waals surface area contributed by atoms with Gasteiger partial charge in [-0.3, -0.25) is 28.8 Å². The first-order valence-electron chi connectivity index (χ1n) is 13.2. The SMILES string of the molecule is CS(=O)(=O)O.O=C1c2ccccc2C(=O)N1CCN1CCN(CCOC(c2ccccc2)c2ccccc2)CC1. The smallest absolute Gasteiger partial charge is 0.261 e. The van der Waals surface area contributed by atoms with E-state index in [2.05, 4.69) is 58.3 Å². The number of imide groups is 1. The van der Waals surface area contributed by atoms with Crippen LogP contribution in [0, 0.1) is 0 Å². The van der Waals surface area contributed by atoms with Gasteiger partial charge in [-0.15, -0.1) is 0 Å². The van der Waals surface area contributed by atoms with E-state index in [-0.39, 0.29) is 17.9 Å². The normalized spacial score (nSPS) is 16.1. The Labute approximate surface area is 235 Å². The molecule has 3 aromatic carbocycles. The molecule has 0 aromatic heterocycles. The van der Waals surface area contributed by atoms with Crippen LogP contribution in [-0.4, -0.2) is 98.2 Å². The third kappa shape index (κ3) is 8.30. The van der Waals surface area contributed by atoms with E-state index in [4.69, 9.17) is 9.29 Å². The van der Waals surface area contributed by atoms with Gasteiger partial charge in [0.2, 0.25) is 0 Å². The summed E-state index contributed by atoms with van der Waals surface area (Å²) in [6, 6.07) is 27.8. The molecule has 1 fully saturated rings. The second-order valence-electron chi connectivity index (χ2n) is 9.80. The molecule has 0 atom stereocenters. The maximum atomic E-state index is 12.6. The lowest BCUT2D eigenvalue weighted by atomic mass is 10.0. The molecule has 212 valence electrons. The summed E-state index contributed by atoms with van der Waals surface area (Å²) in [5.74, 6) is -0.347. The molecule has 2 heterocycles. The molecule has 1 N–H and O–H groups in total. The van der Waals surface area contributed by atoms with Crippen molar-refractivity contribution in [3.05, 3.63) is 107 Å². The highest BCUT2D eigenvalue weighted by Crippen LogP contribution is 2.26. The van der Waals surface area contributed by atoms with E-state index in [0.29, 0.717) is 37.1 Å². The van der Waals surface area contributed by atoms with Crippen LogP contribution in [0.5, 0.6) is 0 Å². The van der Waals surface area contributed by atoms with E-state index in [0.717, 1.165) is 43.9 Å². The summed E-state index contributed by atoms with van der Waals surface area (Å²) in [6.45, 7) is 6.42. The zero-order chi connectivity index (χ0) is 28.5. The fourth-order valence-electron chi connectivity index (χ4n) is 4.86. The van der Waals surface area contributed by atoms with Crippen molar-refractivity contribution >= 4 is 21.9 Å². The van der Waals surface area contributed by atoms with Gasteiger partial charge in [0.1, 0.15) is 6.10 Å². The molecule has 0 bridgehead atoms. The molecule has 0 spiro atoms. The number of nitrogens with zero attached hydrogens (tertiary/aromatic N) is 3. The Balaban J connectivity index is 0.000000681. The number of ether oxygens (including phenoxy) is 1. The molecular formula is C30H35N3O6S. The number of amides is 2. The van der Waals surface area contributed by atoms with Gasteiger partial charge in [0.05, 0.1) is 24.0 Å². The molecule has 10 heteroatoms. The summed E-state index contributed by atoms with van der Waals surface area (Å²) in [6.07, 6.45) is 0.644. The van der Waals surface area contributed by atoms with Crippen LogP contribution in [0.1, 0.15) is 37.9 Å². The van der Waals surface area contributed by atoms with E-state index < -0.39 is 10.1 Å². The van der Waals surface area contributed by atoms with Gasteiger partial charge in [-0.25, -0.2) is 0 Å². The molecule has 9 nitrogen and oxygen atoms in total. The van der Waals surface area contributed by atoms with Crippen molar-refractivity contribution in [2.45, 2.75) is 6.10 Å². The molecule has 40 heavy (non-hydrogen) atoms. The zero-order valence-corrected chi connectivity index (χ0v) is 23.4. The predicted octanol–water partition coefficient (Wildman–Crippen LogP) is 3.21. The zero-order valence-electron chi connectivity index (χ0n) is 22.6. The van der Waals surface area contributed by atoms with Gasteiger partial charge < -0.3 is 4.74 Å². The molecular weight excluding hydrogens is 530 g/mol. The van der Waals surface area contributed by atoms with Crippen LogP contribution < -0.4 is 0 Å². The maximum Gasteiger partial charge on any atom is 0.261 e. The monoisotopic (exact) mass is 565 g/mol. The summed E-state index contributed by atoms with van der Waals surface area (Å²) in [7, 11) is -3.67. The van der Waals surface area contributed by atoms with Crippen molar-refractivity contribution in [2.24, 2.45) is 0 Å². The molecule has 2 aliphatic rings. The van der Waals surface area contributed by atoms with Crippen LogP contribution >= 0.6 is 0 Å². The van der Waals surface area contributed by atoms with E-state index in [1.807, 2.05) is 12.1 Å². The fourth-order valence-corrected chi connectivity index (χ4v) is 4.86. The number of hydrogen-bond acceptors (Lipinski definition) is 7. The van der Waals surface area contributed by atoms with Crippen molar-refractivity contribution in [1.29, 1.82) is 0 Å². The van der Waals surface area contributed by atoms with E-state index in [1.165, 1.54) is 4.90 Å². The average Bonchev–Trinajstić information content (AvgIpc) is 3.20. The maximum absolute atomic E-state index is 12.6. The summed E-state index contributed by atoms with van der Waals surface area (Å²) >= 11 is 0. The average molecular weight is 566 g/mol. The lowest BCUT2D eigenvalue weighted by molar-refractivity contribution is 0.0426. The number of rotatable bonds is 9. The molecule has 2 amide bonds. The fraction of sp³-hybridized carbons (Fsp3) is 0.333. The van der Waals surface area contributed by atoms with Crippen LogP contribution in [0.25, 0.3) is 0 Å². The van der Waals surface area contributed by atoms with Gasteiger partial charge in [-0.2, -0.15) is 8.42 Å². The Morgan fingerprint density at radius 2 is 1.10 bits per heavy atom. The van der Waals surface area contributed by atoms with Crippen LogP contribution in [-0.2, 0) is 14.9 Å². The number of carbonyl (C=O) groups is 2. The van der Waals surface area contributed by atoms with E-state index in [9.17, 15) is 18.0 Å². The molecule has 0 radical (unpaired) electrons. The van der Waals surface area contributed by atoms with Crippen molar-refractivity contribution in [3.63, 3.8) is 0 Å².